The third-order valence-corrected chi connectivity index (χ3v) is 4.48. The van der Waals surface area contributed by atoms with Crippen LogP contribution in [0.15, 0.2) is 65.0 Å². The fourth-order valence-corrected chi connectivity index (χ4v) is 3.14. The zero-order valence-corrected chi connectivity index (χ0v) is 15.7. The number of rotatable bonds is 6. The molecule has 0 fully saturated rings. The Kier molecular flexibility index (Phi) is 5.86. The Morgan fingerprint density at radius 1 is 1.15 bits per heavy atom. The van der Waals surface area contributed by atoms with Crippen LogP contribution < -0.4 is 15.8 Å². The number of nitrogens with zero attached hydrogens (tertiary/aromatic N) is 2. The summed E-state index contributed by atoms with van der Waals surface area (Å²) in [6.45, 7) is 4.72. The normalized spacial score (nSPS) is 11.6. The molecule has 0 aliphatic rings. The number of ether oxygens (including phenoxy) is 1. The van der Waals surface area contributed by atoms with Gasteiger partial charge in [-0.3, -0.25) is 0 Å². The van der Waals surface area contributed by atoms with E-state index >= 15 is 0 Å². The number of thiazole rings is 1. The maximum absolute atomic E-state index is 6.00. The Bertz CT molecular complexity index is 874. The van der Waals surface area contributed by atoms with Gasteiger partial charge in [0.2, 0.25) is 0 Å². The van der Waals surface area contributed by atoms with Crippen molar-refractivity contribution >= 4 is 23.0 Å². The molecule has 0 bridgehead atoms. The van der Waals surface area contributed by atoms with Crippen LogP contribution in [0.25, 0.3) is 0 Å². The van der Waals surface area contributed by atoms with Gasteiger partial charge in [-0.15, -0.1) is 11.3 Å². The Balaban J connectivity index is 1.61. The Labute approximate surface area is 157 Å². The van der Waals surface area contributed by atoms with Crippen molar-refractivity contribution in [2.24, 2.45) is 10.7 Å². The number of anilines is 1. The van der Waals surface area contributed by atoms with Gasteiger partial charge in [-0.25, -0.2) is 9.98 Å². The lowest BCUT2D eigenvalue weighted by molar-refractivity contribution is 0.483. The summed E-state index contributed by atoms with van der Waals surface area (Å²) in [5.74, 6) is 2.29. The minimum Gasteiger partial charge on any atom is -0.457 e. The molecule has 0 aliphatic carbocycles. The van der Waals surface area contributed by atoms with Crippen LogP contribution in [-0.4, -0.2) is 10.9 Å². The summed E-state index contributed by atoms with van der Waals surface area (Å²) in [5, 5.41) is 6.12. The number of hydrogen-bond donors (Lipinski definition) is 2. The topological polar surface area (TPSA) is 72.5 Å². The quantitative estimate of drug-likeness (QED) is 0.476. The van der Waals surface area contributed by atoms with Crippen LogP contribution in [0.3, 0.4) is 0 Å². The number of guanidine groups is 1. The summed E-state index contributed by atoms with van der Waals surface area (Å²) < 4.78 is 5.83. The van der Waals surface area contributed by atoms with Crippen LogP contribution in [-0.2, 0) is 6.54 Å². The molecule has 5 nitrogen and oxygen atoms in total. The fraction of sp³-hybridized carbons (Fsp3) is 0.200. The summed E-state index contributed by atoms with van der Waals surface area (Å²) in [5.41, 5.74) is 7.91. The average Bonchev–Trinajstić information content (AvgIpc) is 3.11. The molecule has 0 saturated carbocycles. The zero-order chi connectivity index (χ0) is 18.4. The van der Waals surface area contributed by atoms with Gasteiger partial charge < -0.3 is 15.8 Å². The second-order valence-electron chi connectivity index (χ2n) is 6.09. The number of aromatic nitrogens is 1. The molecular formula is C20H22N4OS. The van der Waals surface area contributed by atoms with E-state index in [9.17, 15) is 0 Å². The first kappa shape index (κ1) is 17.9. The van der Waals surface area contributed by atoms with Gasteiger partial charge in [0.15, 0.2) is 5.96 Å². The highest BCUT2D eigenvalue weighted by Gasteiger charge is 2.05. The Morgan fingerprint density at radius 2 is 1.92 bits per heavy atom. The predicted octanol–water partition coefficient (Wildman–Crippen LogP) is 4.99. The van der Waals surface area contributed by atoms with E-state index in [1.165, 1.54) is 0 Å². The lowest BCUT2D eigenvalue weighted by Crippen LogP contribution is -2.22. The van der Waals surface area contributed by atoms with Crippen LogP contribution in [0, 0.1) is 0 Å². The molecule has 1 aromatic heterocycles. The molecule has 3 N–H and O–H groups in total. The second kappa shape index (κ2) is 8.49. The lowest BCUT2D eigenvalue weighted by atomic mass is 10.2. The van der Waals surface area contributed by atoms with Crippen molar-refractivity contribution < 1.29 is 4.74 Å². The van der Waals surface area contributed by atoms with Gasteiger partial charge in [0.05, 0.1) is 12.2 Å². The van der Waals surface area contributed by atoms with Crippen LogP contribution in [0.2, 0.25) is 0 Å². The van der Waals surface area contributed by atoms with E-state index in [-0.39, 0.29) is 0 Å². The third-order valence-electron chi connectivity index (χ3n) is 3.63. The van der Waals surface area contributed by atoms with Crippen LogP contribution >= 0.6 is 11.3 Å². The summed E-state index contributed by atoms with van der Waals surface area (Å²) in [6.07, 6.45) is 0. The summed E-state index contributed by atoms with van der Waals surface area (Å²) in [7, 11) is 0. The Hall–Kier alpha value is -2.86. The Morgan fingerprint density at radius 3 is 2.65 bits per heavy atom. The maximum atomic E-state index is 6.00. The first-order valence-corrected chi connectivity index (χ1v) is 9.32. The summed E-state index contributed by atoms with van der Waals surface area (Å²) in [4.78, 5) is 8.92. The molecule has 3 rings (SSSR count). The molecule has 0 spiro atoms. The summed E-state index contributed by atoms with van der Waals surface area (Å²) >= 11 is 1.61. The molecule has 0 radical (unpaired) electrons. The highest BCUT2D eigenvalue weighted by atomic mass is 32.1. The summed E-state index contributed by atoms with van der Waals surface area (Å²) in [6, 6.07) is 17.3. The van der Waals surface area contributed by atoms with Gasteiger partial charge in [0.1, 0.15) is 16.5 Å². The third kappa shape index (κ3) is 5.07. The number of para-hydroxylation sites is 1. The van der Waals surface area contributed by atoms with E-state index in [0.717, 1.165) is 27.9 Å². The molecule has 134 valence electrons. The SMILES string of the molecule is CC(C)c1csc(CN=C(N)Nc2cccc(Oc3ccccc3)c2)n1. The lowest BCUT2D eigenvalue weighted by Gasteiger charge is -2.09. The van der Waals surface area contributed by atoms with Crippen molar-refractivity contribution in [3.05, 3.63) is 70.7 Å². The van der Waals surface area contributed by atoms with Crippen molar-refractivity contribution in [1.82, 2.24) is 4.98 Å². The number of benzene rings is 2. The smallest absolute Gasteiger partial charge is 0.193 e. The molecule has 0 atom stereocenters. The van der Waals surface area contributed by atoms with Crippen molar-refractivity contribution in [3.63, 3.8) is 0 Å². The average molecular weight is 366 g/mol. The van der Waals surface area contributed by atoms with E-state index in [1.54, 1.807) is 11.3 Å². The molecule has 0 amide bonds. The number of nitrogens with one attached hydrogen (secondary N) is 1. The fourth-order valence-electron chi connectivity index (χ4n) is 2.27. The largest absolute Gasteiger partial charge is 0.457 e. The second-order valence-corrected chi connectivity index (χ2v) is 7.03. The van der Waals surface area contributed by atoms with Gasteiger partial charge in [-0.1, -0.05) is 38.1 Å². The van der Waals surface area contributed by atoms with Gasteiger partial charge in [0, 0.05) is 17.1 Å². The van der Waals surface area contributed by atoms with E-state index in [2.05, 4.69) is 34.5 Å². The van der Waals surface area contributed by atoms with Gasteiger partial charge >= 0.3 is 0 Å². The first-order chi connectivity index (χ1) is 12.6. The predicted molar refractivity (Wildman–Crippen MR) is 108 cm³/mol. The van der Waals surface area contributed by atoms with E-state index in [0.29, 0.717) is 18.4 Å². The zero-order valence-electron chi connectivity index (χ0n) is 14.8. The van der Waals surface area contributed by atoms with E-state index in [4.69, 9.17) is 10.5 Å². The number of aliphatic imine (C=N–C) groups is 1. The molecular weight excluding hydrogens is 344 g/mol. The van der Waals surface area contributed by atoms with E-state index in [1.807, 2.05) is 54.6 Å². The molecule has 26 heavy (non-hydrogen) atoms. The van der Waals surface area contributed by atoms with Crippen molar-refractivity contribution in [2.45, 2.75) is 26.3 Å². The minimum absolute atomic E-state index is 0.350. The number of nitrogens with two attached hydrogens (primary N) is 1. The molecule has 2 aromatic carbocycles. The van der Waals surface area contributed by atoms with Crippen LogP contribution in [0.4, 0.5) is 5.69 Å². The monoisotopic (exact) mass is 366 g/mol. The van der Waals surface area contributed by atoms with E-state index < -0.39 is 0 Å². The van der Waals surface area contributed by atoms with Gasteiger partial charge in [-0.05, 0) is 30.2 Å². The minimum atomic E-state index is 0.350. The van der Waals surface area contributed by atoms with Crippen molar-refractivity contribution in [3.8, 4) is 11.5 Å². The first-order valence-electron chi connectivity index (χ1n) is 8.44. The molecule has 6 heteroatoms. The van der Waals surface area contributed by atoms with Crippen LogP contribution in [0.5, 0.6) is 11.5 Å². The molecule has 3 aromatic rings. The van der Waals surface area contributed by atoms with Gasteiger partial charge in [0.25, 0.3) is 0 Å². The molecule has 0 unspecified atom stereocenters. The highest BCUT2D eigenvalue weighted by Crippen LogP contribution is 2.24. The van der Waals surface area contributed by atoms with Crippen LogP contribution in [0.1, 0.15) is 30.5 Å². The highest BCUT2D eigenvalue weighted by molar-refractivity contribution is 7.09. The standard InChI is InChI=1S/C20H22N4OS/c1-14(2)18-13-26-19(24-18)12-22-20(21)23-15-7-6-10-17(11-15)25-16-8-4-3-5-9-16/h3-11,13-14H,12H2,1-2H3,(H3,21,22,23). The van der Waals surface area contributed by atoms with Crippen molar-refractivity contribution in [2.75, 3.05) is 5.32 Å². The van der Waals surface area contributed by atoms with Crippen molar-refractivity contribution in [1.29, 1.82) is 0 Å². The van der Waals surface area contributed by atoms with Gasteiger partial charge in [-0.2, -0.15) is 0 Å². The molecule has 0 aliphatic heterocycles. The molecule has 0 saturated heterocycles. The molecule has 1 heterocycles. The maximum Gasteiger partial charge on any atom is 0.193 e. The number of hydrogen-bond acceptors (Lipinski definition) is 4.